The van der Waals surface area contributed by atoms with Crippen LogP contribution in [0.1, 0.15) is 48.5 Å². The molecule has 1 aliphatic carbocycles. The molecule has 0 saturated heterocycles. The van der Waals surface area contributed by atoms with Gasteiger partial charge in [-0.2, -0.15) is 0 Å². The number of hydrogen-bond donors (Lipinski definition) is 3. The van der Waals surface area contributed by atoms with Gasteiger partial charge in [-0.25, -0.2) is 0 Å². The molecule has 5 nitrogen and oxygen atoms in total. The molecule has 0 bridgehead atoms. The molecule has 1 aromatic rings. The van der Waals surface area contributed by atoms with Crippen molar-refractivity contribution in [2.75, 3.05) is 0 Å². The average molecular weight is 289 g/mol. The number of amides is 2. The van der Waals surface area contributed by atoms with Crippen LogP contribution in [0, 0.1) is 5.92 Å². The standard InChI is InChI=1S/C16H23N3O2/c1-16(18)9-3-2-4-13(16)15(21)19-10-11-5-7-12(8-6-11)14(17)20/h5-8,13H,2-4,9-10,18H2,1H3,(H2,17,20)(H,19,21). The number of benzene rings is 1. The zero-order valence-electron chi connectivity index (χ0n) is 12.4. The van der Waals surface area contributed by atoms with E-state index < -0.39 is 11.4 Å². The number of nitrogens with one attached hydrogen (secondary N) is 1. The number of hydrogen-bond acceptors (Lipinski definition) is 3. The quantitative estimate of drug-likeness (QED) is 0.779. The van der Waals surface area contributed by atoms with Crippen molar-refractivity contribution in [3.8, 4) is 0 Å². The molecule has 5 heteroatoms. The van der Waals surface area contributed by atoms with E-state index in [2.05, 4.69) is 5.32 Å². The molecule has 1 aromatic carbocycles. The maximum absolute atomic E-state index is 12.3. The van der Waals surface area contributed by atoms with Gasteiger partial charge in [-0.05, 0) is 37.5 Å². The van der Waals surface area contributed by atoms with Crippen LogP contribution in [0.2, 0.25) is 0 Å². The molecule has 0 spiro atoms. The van der Waals surface area contributed by atoms with Gasteiger partial charge in [-0.1, -0.05) is 25.0 Å². The third kappa shape index (κ3) is 3.82. The molecule has 114 valence electrons. The van der Waals surface area contributed by atoms with E-state index in [0.717, 1.165) is 31.2 Å². The number of primary amides is 1. The van der Waals surface area contributed by atoms with E-state index in [9.17, 15) is 9.59 Å². The van der Waals surface area contributed by atoms with E-state index in [1.54, 1.807) is 24.3 Å². The Morgan fingerprint density at radius 2 is 1.95 bits per heavy atom. The molecule has 2 rings (SSSR count). The molecule has 0 radical (unpaired) electrons. The van der Waals surface area contributed by atoms with E-state index in [1.807, 2.05) is 6.92 Å². The monoisotopic (exact) mass is 289 g/mol. The van der Waals surface area contributed by atoms with Gasteiger partial charge in [0.2, 0.25) is 11.8 Å². The number of nitrogens with two attached hydrogens (primary N) is 2. The van der Waals surface area contributed by atoms with Gasteiger partial charge in [0.15, 0.2) is 0 Å². The summed E-state index contributed by atoms with van der Waals surface area (Å²) in [4.78, 5) is 23.3. The Kier molecular flexibility index (Phi) is 4.63. The fraction of sp³-hybridized carbons (Fsp3) is 0.500. The van der Waals surface area contributed by atoms with Crippen molar-refractivity contribution >= 4 is 11.8 Å². The van der Waals surface area contributed by atoms with Crippen LogP contribution in [0.3, 0.4) is 0 Å². The van der Waals surface area contributed by atoms with Crippen molar-refractivity contribution in [2.24, 2.45) is 17.4 Å². The SMILES string of the molecule is CC1(N)CCCCC1C(=O)NCc1ccc(C(N)=O)cc1. The predicted octanol–water partition coefficient (Wildman–Crippen LogP) is 1.31. The van der Waals surface area contributed by atoms with Crippen molar-refractivity contribution in [1.29, 1.82) is 0 Å². The van der Waals surface area contributed by atoms with Crippen molar-refractivity contribution in [1.82, 2.24) is 5.32 Å². The maximum atomic E-state index is 12.3. The molecule has 1 saturated carbocycles. The number of carbonyl (C=O) groups excluding carboxylic acids is 2. The Bertz CT molecular complexity index is 523. The van der Waals surface area contributed by atoms with Gasteiger partial charge in [0.25, 0.3) is 0 Å². The van der Waals surface area contributed by atoms with Crippen molar-refractivity contribution < 1.29 is 9.59 Å². The first-order valence-electron chi connectivity index (χ1n) is 7.35. The van der Waals surface area contributed by atoms with Crippen LogP contribution < -0.4 is 16.8 Å². The van der Waals surface area contributed by atoms with Gasteiger partial charge in [0.05, 0.1) is 5.92 Å². The van der Waals surface area contributed by atoms with Crippen LogP contribution in [-0.4, -0.2) is 17.4 Å². The third-order valence-corrected chi connectivity index (χ3v) is 4.28. The highest BCUT2D eigenvalue weighted by atomic mass is 16.2. The summed E-state index contributed by atoms with van der Waals surface area (Å²) in [5.41, 5.74) is 12.4. The zero-order chi connectivity index (χ0) is 15.5. The average Bonchev–Trinajstić information content (AvgIpc) is 2.44. The van der Waals surface area contributed by atoms with Gasteiger partial charge in [0, 0.05) is 17.6 Å². The molecule has 0 heterocycles. The third-order valence-electron chi connectivity index (χ3n) is 4.28. The predicted molar refractivity (Wildman–Crippen MR) is 81.4 cm³/mol. The van der Waals surface area contributed by atoms with Gasteiger partial charge < -0.3 is 16.8 Å². The lowest BCUT2D eigenvalue weighted by Crippen LogP contribution is -2.52. The van der Waals surface area contributed by atoms with Gasteiger partial charge in [-0.3, -0.25) is 9.59 Å². The molecule has 5 N–H and O–H groups in total. The summed E-state index contributed by atoms with van der Waals surface area (Å²) in [7, 11) is 0. The Morgan fingerprint density at radius 1 is 1.29 bits per heavy atom. The summed E-state index contributed by atoms with van der Waals surface area (Å²) in [6, 6.07) is 6.92. The molecular formula is C16H23N3O2. The molecule has 0 aromatic heterocycles. The Morgan fingerprint density at radius 3 is 2.52 bits per heavy atom. The number of carbonyl (C=O) groups is 2. The molecule has 2 amide bonds. The lowest BCUT2D eigenvalue weighted by Gasteiger charge is -2.37. The van der Waals surface area contributed by atoms with Crippen molar-refractivity contribution in [2.45, 2.75) is 44.7 Å². The Hall–Kier alpha value is -1.88. The second kappa shape index (κ2) is 6.26. The maximum Gasteiger partial charge on any atom is 0.248 e. The van der Waals surface area contributed by atoms with Crippen LogP contribution in [0.25, 0.3) is 0 Å². The summed E-state index contributed by atoms with van der Waals surface area (Å²) >= 11 is 0. The minimum atomic E-state index is -0.452. The van der Waals surface area contributed by atoms with Crippen LogP contribution >= 0.6 is 0 Å². The highest BCUT2D eigenvalue weighted by Crippen LogP contribution is 2.31. The van der Waals surface area contributed by atoms with E-state index in [4.69, 9.17) is 11.5 Å². The largest absolute Gasteiger partial charge is 0.366 e. The zero-order valence-corrected chi connectivity index (χ0v) is 12.4. The first-order chi connectivity index (χ1) is 9.90. The lowest BCUT2D eigenvalue weighted by atomic mass is 9.74. The van der Waals surface area contributed by atoms with Crippen LogP contribution in [0.4, 0.5) is 0 Å². The van der Waals surface area contributed by atoms with Crippen LogP contribution in [-0.2, 0) is 11.3 Å². The van der Waals surface area contributed by atoms with Gasteiger partial charge >= 0.3 is 0 Å². The first kappa shape index (κ1) is 15.5. The molecule has 0 aliphatic heterocycles. The highest BCUT2D eigenvalue weighted by Gasteiger charge is 2.37. The summed E-state index contributed by atoms with van der Waals surface area (Å²) in [6.07, 6.45) is 3.88. The van der Waals surface area contributed by atoms with E-state index in [-0.39, 0.29) is 11.8 Å². The molecule has 1 aliphatic rings. The summed E-state index contributed by atoms with van der Waals surface area (Å²) in [5.74, 6) is -0.568. The number of rotatable bonds is 4. The summed E-state index contributed by atoms with van der Waals surface area (Å²) in [5, 5.41) is 2.94. The topological polar surface area (TPSA) is 98.2 Å². The Balaban J connectivity index is 1.93. The second-order valence-electron chi connectivity index (χ2n) is 6.08. The molecular weight excluding hydrogens is 266 g/mol. The van der Waals surface area contributed by atoms with Crippen LogP contribution in [0.15, 0.2) is 24.3 Å². The fourth-order valence-electron chi connectivity index (χ4n) is 2.89. The smallest absolute Gasteiger partial charge is 0.248 e. The fourth-order valence-corrected chi connectivity index (χ4v) is 2.89. The lowest BCUT2D eigenvalue weighted by molar-refractivity contribution is -0.128. The molecule has 1 fully saturated rings. The summed E-state index contributed by atoms with van der Waals surface area (Å²) < 4.78 is 0. The van der Waals surface area contributed by atoms with Crippen molar-refractivity contribution in [3.05, 3.63) is 35.4 Å². The van der Waals surface area contributed by atoms with E-state index in [0.29, 0.717) is 12.1 Å². The molecule has 2 unspecified atom stereocenters. The normalized spacial score (nSPS) is 25.3. The molecule has 21 heavy (non-hydrogen) atoms. The van der Waals surface area contributed by atoms with Gasteiger partial charge in [0.1, 0.15) is 0 Å². The van der Waals surface area contributed by atoms with E-state index >= 15 is 0 Å². The van der Waals surface area contributed by atoms with E-state index in [1.165, 1.54) is 0 Å². The minimum absolute atomic E-state index is 0.0127. The summed E-state index contributed by atoms with van der Waals surface area (Å²) in [6.45, 7) is 2.39. The van der Waals surface area contributed by atoms with Crippen LogP contribution in [0.5, 0.6) is 0 Å². The van der Waals surface area contributed by atoms with Gasteiger partial charge in [-0.15, -0.1) is 0 Å². The second-order valence-corrected chi connectivity index (χ2v) is 6.08. The minimum Gasteiger partial charge on any atom is -0.366 e. The first-order valence-corrected chi connectivity index (χ1v) is 7.35. The van der Waals surface area contributed by atoms with Crippen molar-refractivity contribution in [3.63, 3.8) is 0 Å². The molecule has 2 atom stereocenters. The highest BCUT2D eigenvalue weighted by molar-refractivity contribution is 5.92. The Labute approximate surface area is 125 Å².